The highest BCUT2D eigenvalue weighted by atomic mass is 79.9. The molecule has 1 aliphatic heterocycles. The summed E-state index contributed by atoms with van der Waals surface area (Å²) >= 11 is 3.15. The number of aliphatic hydroxyl groups is 1. The molecular formula is C14H18BrFO3. The van der Waals surface area contributed by atoms with Crippen molar-refractivity contribution < 1.29 is 19.0 Å². The van der Waals surface area contributed by atoms with Gasteiger partial charge < -0.3 is 14.6 Å². The van der Waals surface area contributed by atoms with Gasteiger partial charge in [-0.15, -0.1) is 0 Å². The first-order valence-corrected chi connectivity index (χ1v) is 7.20. The Labute approximate surface area is 120 Å². The third-order valence-corrected chi connectivity index (χ3v) is 4.27. The van der Waals surface area contributed by atoms with Crippen LogP contribution in [0.1, 0.15) is 31.4 Å². The number of halogens is 2. The van der Waals surface area contributed by atoms with Gasteiger partial charge >= 0.3 is 0 Å². The molecular weight excluding hydrogens is 315 g/mol. The minimum Gasteiger partial charge on any atom is -0.496 e. The van der Waals surface area contributed by atoms with Gasteiger partial charge in [0.05, 0.1) is 23.8 Å². The molecule has 106 valence electrons. The van der Waals surface area contributed by atoms with Crippen LogP contribution in [0.3, 0.4) is 0 Å². The molecule has 1 fully saturated rings. The first-order chi connectivity index (χ1) is 9.08. The molecule has 1 aromatic rings. The summed E-state index contributed by atoms with van der Waals surface area (Å²) in [5.74, 6) is -0.00581. The zero-order chi connectivity index (χ0) is 14.0. The van der Waals surface area contributed by atoms with Crippen molar-refractivity contribution in [3.05, 3.63) is 28.0 Å². The van der Waals surface area contributed by atoms with Crippen LogP contribution >= 0.6 is 15.9 Å². The smallest absolute Gasteiger partial charge is 0.141 e. The highest BCUT2D eigenvalue weighted by Crippen LogP contribution is 2.39. The van der Waals surface area contributed by atoms with Crippen LogP contribution in [0.5, 0.6) is 5.75 Å². The van der Waals surface area contributed by atoms with Gasteiger partial charge in [0.1, 0.15) is 11.6 Å². The lowest BCUT2D eigenvalue weighted by atomic mass is 9.88. The van der Waals surface area contributed by atoms with E-state index in [4.69, 9.17) is 9.47 Å². The number of rotatable bonds is 4. The van der Waals surface area contributed by atoms with Gasteiger partial charge in [0, 0.05) is 24.2 Å². The predicted octanol–water partition coefficient (Wildman–Crippen LogP) is 3.45. The predicted molar refractivity (Wildman–Crippen MR) is 73.7 cm³/mol. The summed E-state index contributed by atoms with van der Waals surface area (Å²) in [6.07, 6.45) is 0.993. The van der Waals surface area contributed by atoms with Gasteiger partial charge in [0.2, 0.25) is 0 Å². The van der Waals surface area contributed by atoms with Gasteiger partial charge in [-0.05, 0) is 34.8 Å². The Balaban J connectivity index is 2.32. The quantitative estimate of drug-likeness (QED) is 0.917. The summed E-state index contributed by atoms with van der Waals surface area (Å²) in [6, 6.07) is 2.88. The Morgan fingerprint density at radius 2 is 2.32 bits per heavy atom. The standard InChI is InChI=1S/C14H18BrFO3/c1-3-12-8(4-5-19-12)14(17)9-6-10(15)11(16)7-13(9)18-2/h6-8,12,14,17H,3-5H2,1-2H3. The number of methoxy groups -OCH3 is 1. The molecule has 3 nitrogen and oxygen atoms in total. The van der Waals surface area contributed by atoms with Crippen molar-refractivity contribution in [3.63, 3.8) is 0 Å². The monoisotopic (exact) mass is 332 g/mol. The molecule has 1 heterocycles. The second-order valence-corrected chi connectivity index (χ2v) is 5.58. The highest BCUT2D eigenvalue weighted by Gasteiger charge is 2.35. The second kappa shape index (κ2) is 6.20. The third kappa shape index (κ3) is 2.93. The van der Waals surface area contributed by atoms with Crippen molar-refractivity contribution in [2.75, 3.05) is 13.7 Å². The maximum absolute atomic E-state index is 13.5. The van der Waals surface area contributed by atoms with Crippen molar-refractivity contribution in [1.29, 1.82) is 0 Å². The van der Waals surface area contributed by atoms with Gasteiger partial charge in [-0.3, -0.25) is 0 Å². The number of aliphatic hydroxyl groups excluding tert-OH is 1. The summed E-state index contributed by atoms with van der Waals surface area (Å²) in [5.41, 5.74) is 0.602. The average Bonchev–Trinajstić information content (AvgIpc) is 2.88. The number of hydrogen-bond donors (Lipinski definition) is 1. The van der Waals surface area contributed by atoms with Crippen LogP contribution in [0.15, 0.2) is 16.6 Å². The van der Waals surface area contributed by atoms with E-state index in [0.29, 0.717) is 22.4 Å². The average molecular weight is 333 g/mol. The fraction of sp³-hybridized carbons (Fsp3) is 0.571. The van der Waals surface area contributed by atoms with E-state index in [2.05, 4.69) is 15.9 Å². The van der Waals surface area contributed by atoms with E-state index in [9.17, 15) is 9.50 Å². The fourth-order valence-electron chi connectivity index (χ4n) is 2.63. The molecule has 0 aliphatic carbocycles. The van der Waals surface area contributed by atoms with E-state index in [0.717, 1.165) is 12.8 Å². The Morgan fingerprint density at radius 3 is 2.95 bits per heavy atom. The molecule has 0 bridgehead atoms. The van der Waals surface area contributed by atoms with Crippen LogP contribution < -0.4 is 4.74 Å². The van der Waals surface area contributed by atoms with Crippen molar-refractivity contribution >= 4 is 15.9 Å². The number of ether oxygens (including phenoxy) is 2. The SMILES string of the molecule is CCC1OCCC1C(O)c1cc(Br)c(F)cc1OC. The van der Waals surface area contributed by atoms with E-state index >= 15 is 0 Å². The fourth-order valence-corrected chi connectivity index (χ4v) is 2.99. The molecule has 0 amide bonds. The molecule has 3 atom stereocenters. The van der Waals surface area contributed by atoms with Gasteiger partial charge in [0.25, 0.3) is 0 Å². The van der Waals surface area contributed by atoms with E-state index in [-0.39, 0.29) is 12.0 Å². The topological polar surface area (TPSA) is 38.7 Å². The van der Waals surface area contributed by atoms with E-state index in [1.807, 2.05) is 6.92 Å². The molecule has 1 saturated heterocycles. The van der Waals surface area contributed by atoms with Gasteiger partial charge in [-0.2, -0.15) is 0 Å². The molecule has 0 radical (unpaired) electrons. The second-order valence-electron chi connectivity index (χ2n) is 4.72. The lowest BCUT2D eigenvalue weighted by Gasteiger charge is -2.24. The van der Waals surface area contributed by atoms with Gasteiger partial charge in [0.15, 0.2) is 0 Å². The third-order valence-electron chi connectivity index (χ3n) is 3.66. The summed E-state index contributed by atoms with van der Waals surface area (Å²) in [7, 11) is 1.47. The Kier molecular flexibility index (Phi) is 4.81. The van der Waals surface area contributed by atoms with Crippen LogP contribution in [-0.2, 0) is 4.74 Å². The molecule has 0 saturated carbocycles. The van der Waals surface area contributed by atoms with E-state index in [1.54, 1.807) is 6.07 Å². The molecule has 5 heteroatoms. The van der Waals surface area contributed by atoms with Crippen molar-refractivity contribution in [3.8, 4) is 5.75 Å². The zero-order valence-corrected chi connectivity index (χ0v) is 12.6. The van der Waals surface area contributed by atoms with Crippen LogP contribution in [0.2, 0.25) is 0 Å². The van der Waals surface area contributed by atoms with Crippen molar-refractivity contribution in [2.24, 2.45) is 5.92 Å². The first kappa shape index (κ1) is 14.8. The minimum absolute atomic E-state index is 0.0243. The molecule has 1 aliphatic rings. The van der Waals surface area contributed by atoms with Crippen LogP contribution in [-0.4, -0.2) is 24.9 Å². The summed E-state index contributed by atoms with van der Waals surface area (Å²) < 4.78 is 24.6. The summed E-state index contributed by atoms with van der Waals surface area (Å²) in [4.78, 5) is 0. The summed E-state index contributed by atoms with van der Waals surface area (Å²) in [6.45, 7) is 2.69. The van der Waals surface area contributed by atoms with E-state index in [1.165, 1.54) is 13.2 Å². The van der Waals surface area contributed by atoms with Crippen LogP contribution in [0, 0.1) is 11.7 Å². The first-order valence-electron chi connectivity index (χ1n) is 6.41. The molecule has 0 spiro atoms. The normalized spacial score (nSPS) is 24.5. The highest BCUT2D eigenvalue weighted by molar-refractivity contribution is 9.10. The number of hydrogen-bond acceptors (Lipinski definition) is 3. The number of benzene rings is 1. The molecule has 2 rings (SSSR count). The van der Waals surface area contributed by atoms with Crippen LogP contribution in [0.25, 0.3) is 0 Å². The van der Waals surface area contributed by atoms with Crippen molar-refractivity contribution in [2.45, 2.75) is 32.0 Å². The lowest BCUT2D eigenvalue weighted by molar-refractivity contribution is 0.0297. The van der Waals surface area contributed by atoms with Crippen LogP contribution in [0.4, 0.5) is 4.39 Å². The zero-order valence-electron chi connectivity index (χ0n) is 11.0. The van der Waals surface area contributed by atoms with Crippen molar-refractivity contribution in [1.82, 2.24) is 0 Å². The Morgan fingerprint density at radius 1 is 1.58 bits per heavy atom. The Bertz CT molecular complexity index is 453. The van der Waals surface area contributed by atoms with Gasteiger partial charge in [-0.1, -0.05) is 6.92 Å². The molecule has 1 N–H and O–H groups in total. The molecule has 1 aromatic carbocycles. The lowest BCUT2D eigenvalue weighted by Crippen LogP contribution is -2.22. The molecule has 19 heavy (non-hydrogen) atoms. The minimum atomic E-state index is -0.709. The molecule has 3 unspecified atom stereocenters. The Hall–Kier alpha value is -0.650. The maximum Gasteiger partial charge on any atom is 0.141 e. The van der Waals surface area contributed by atoms with E-state index < -0.39 is 11.9 Å². The maximum atomic E-state index is 13.5. The molecule has 0 aromatic heterocycles. The summed E-state index contributed by atoms with van der Waals surface area (Å²) in [5, 5.41) is 10.5. The van der Waals surface area contributed by atoms with Gasteiger partial charge in [-0.25, -0.2) is 4.39 Å². The largest absolute Gasteiger partial charge is 0.496 e.